The normalized spacial score (nSPS) is 20.9. The van der Waals surface area contributed by atoms with E-state index in [0.29, 0.717) is 11.5 Å². The van der Waals surface area contributed by atoms with E-state index in [0.717, 1.165) is 30.6 Å². The van der Waals surface area contributed by atoms with Gasteiger partial charge in [-0.2, -0.15) is 0 Å². The molecule has 1 fully saturated rings. The van der Waals surface area contributed by atoms with E-state index in [1.165, 1.54) is 18.4 Å². The Morgan fingerprint density at radius 3 is 2.81 bits per heavy atom. The molecular formula is C18H28N2O. The minimum absolute atomic E-state index is 0.0497. The van der Waals surface area contributed by atoms with Crippen LogP contribution in [0.4, 0.5) is 5.69 Å². The Kier molecular flexibility index (Phi) is 4.92. The second-order valence-electron chi connectivity index (χ2n) is 7.01. The van der Waals surface area contributed by atoms with Gasteiger partial charge in [-0.1, -0.05) is 26.3 Å². The Balaban J connectivity index is 2.09. The summed E-state index contributed by atoms with van der Waals surface area (Å²) in [4.78, 5) is 12.6. The van der Waals surface area contributed by atoms with E-state index < -0.39 is 0 Å². The largest absolute Gasteiger partial charge is 0.385 e. The minimum Gasteiger partial charge on any atom is -0.385 e. The van der Waals surface area contributed by atoms with Crippen molar-refractivity contribution in [1.82, 2.24) is 5.32 Å². The third-order valence-electron chi connectivity index (χ3n) is 4.33. The molecule has 1 aromatic rings. The summed E-state index contributed by atoms with van der Waals surface area (Å²) in [5.41, 5.74) is 3.20. The fraction of sp³-hybridized carbons (Fsp3) is 0.611. The van der Waals surface area contributed by atoms with Crippen molar-refractivity contribution in [3.8, 4) is 0 Å². The van der Waals surface area contributed by atoms with Gasteiger partial charge in [0.1, 0.15) is 0 Å². The molecule has 1 amide bonds. The zero-order chi connectivity index (χ0) is 15.5. The van der Waals surface area contributed by atoms with Crippen LogP contribution in [0, 0.1) is 12.3 Å². The Labute approximate surface area is 128 Å². The zero-order valence-corrected chi connectivity index (χ0v) is 13.8. The van der Waals surface area contributed by atoms with Crippen LogP contribution in [0.1, 0.15) is 62.4 Å². The molecule has 3 nitrogen and oxygen atoms in total. The summed E-state index contributed by atoms with van der Waals surface area (Å²) in [5.74, 6) is 0.0497. The van der Waals surface area contributed by atoms with Crippen LogP contribution in [0.25, 0.3) is 0 Å². The summed E-state index contributed by atoms with van der Waals surface area (Å²) < 4.78 is 0. The van der Waals surface area contributed by atoms with Gasteiger partial charge in [0.25, 0.3) is 5.91 Å². The maximum absolute atomic E-state index is 12.6. The zero-order valence-electron chi connectivity index (χ0n) is 13.8. The number of hydrogen-bond donors (Lipinski definition) is 2. The highest BCUT2D eigenvalue weighted by Gasteiger charge is 2.29. The molecule has 1 unspecified atom stereocenters. The van der Waals surface area contributed by atoms with Gasteiger partial charge in [-0.05, 0) is 56.2 Å². The summed E-state index contributed by atoms with van der Waals surface area (Å²) in [6, 6.07) is 6.28. The molecule has 2 N–H and O–H groups in total. The van der Waals surface area contributed by atoms with E-state index in [9.17, 15) is 4.79 Å². The van der Waals surface area contributed by atoms with Crippen LogP contribution in [0.3, 0.4) is 0 Å². The van der Waals surface area contributed by atoms with E-state index in [1.54, 1.807) is 0 Å². The Bertz CT molecular complexity index is 508. The van der Waals surface area contributed by atoms with Gasteiger partial charge < -0.3 is 10.6 Å². The fourth-order valence-electron chi connectivity index (χ4n) is 3.28. The van der Waals surface area contributed by atoms with E-state index in [1.807, 2.05) is 32.0 Å². The van der Waals surface area contributed by atoms with Gasteiger partial charge in [-0.3, -0.25) is 4.79 Å². The summed E-state index contributed by atoms with van der Waals surface area (Å²) >= 11 is 0. The third kappa shape index (κ3) is 4.23. The molecule has 1 aliphatic carbocycles. The highest BCUT2D eigenvalue weighted by molar-refractivity contribution is 5.99. The van der Waals surface area contributed by atoms with Crippen molar-refractivity contribution in [2.24, 2.45) is 5.41 Å². The lowest BCUT2D eigenvalue weighted by molar-refractivity contribution is 0.0903. The average Bonchev–Trinajstić information content (AvgIpc) is 2.37. The van der Waals surface area contributed by atoms with Gasteiger partial charge in [-0.25, -0.2) is 0 Å². The monoisotopic (exact) mass is 288 g/mol. The van der Waals surface area contributed by atoms with Gasteiger partial charge >= 0.3 is 0 Å². The van der Waals surface area contributed by atoms with Crippen LogP contribution in [-0.2, 0) is 0 Å². The van der Waals surface area contributed by atoms with Crippen molar-refractivity contribution in [2.75, 3.05) is 11.9 Å². The van der Waals surface area contributed by atoms with Crippen molar-refractivity contribution >= 4 is 11.6 Å². The second-order valence-corrected chi connectivity index (χ2v) is 7.01. The molecule has 1 atom stereocenters. The van der Waals surface area contributed by atoms with E-state index in [4.69, 9.17) is 0 Å². The topological polar surface area (TPSA) is 41.1 Å². The first-order valence-electron chi connectivity index (χ1n) is 8.07. The van der Waals surface area contributed by atoms with Crippen LogP contribution in [-0.4, -0.2) is 18.5 Å². The summed E-state index contributed by atoms with van der Waals surface area (Å²) in [7, 11) is 0. The number of carbonyl (C=O) groups excluding carboxylic acids is 1. The molecule has 1 saturated carbocycles. The minimum atomic E-state index is 0.0497. The summed E-state index contributed by atoms with van der Waals surface area (Å²) in [6.07, 6.45) is 4.62. The third-order valence-corrected chi connectivity index (χ3v) is 4.33. The van der Waals surface area contributed by atoms with Crippen molar-refractivity contribution in [3.63, 3.8) is 0 Å². The standard InChI is InChI=1S/C18H28N2O/c1-5-19-16-11-13(2)8-9-15(16)17(21)20-14-7-6-10-18(3,4)12-14/h8-9,11,14,19H,5-7,10,12H2,1-4H3,(H,20,21). The lowest BCUT2D eigenvalue weighted by Gasteiger charge is -2.35. The first-order valence-corrected chi connectivity index (χ1v) is 8.07. The molecule has 116 valence electrons. The average molecular weight is 288 g/mol. The number of hydrogen-bond acceptors (Lipinski definition) is 2. The highest BCUT2D eigenvalue weighted by atomic mass is 16.1. The molecule has 0 saturated heterocycles. The molecule has 2 rings (SSSR count). The number of carbonyl (C=O) groups is 1. The predicted molar refractivity (Wildman–Crippen MR) is 88.8 cm³/mol. The van der Waals surface area contributed by atoms with Gasteiger partial charge in [0.15, 0.2) is 0 Å². The fourth-order valence-corrected chi connectivity index (χ4v) is 3.28. The van der Waals surface area contributed by atoms with Gasteiger partial charge in [0.05, 0.1) is 5.56 Å². The lowest BCUT2D eigenvalue weighted by Crippen LogP contribution is -2.40. The Morgan fingerprint density at radius 2 is 2.14 bits per heavy atom. The van der Waals surface area contributed by atoms with Gasteiger partial charge in [0, 0.05) is 18.3 Å². The SMILES string of the molecule is CCNc1cc(C)ccc1C(=O)NC1CCCC(C)(C)C1. The molecule has 0 bridgehead atoms. The van der Waals surface area contributed by atoms with Crippen molar-refractivity contribution in [2.45, 2.75) is 59.4 Å². The number of aryl methyl sites for hydroxylation is 1. The smallest absolute Gasteiger partial charge is 0.253 e. The molecule has 0 spiro atoms. The van der Waals surface area contributed by atoms with Crippen LogP contribution in [0.15, 0.2) is 18.2 Å². The highest BCUT2D eigenvalue weighted by Crippen LogP contribution is 2.35. The van der Waals surface area contributed by atoms with Crippen LogP contribution >= 0.6 is 0 Å². The van der Waals surface area contributed by atoms with Crippen molar-refractivity contribution < 1.29 is 4.79 Å². The van der Waals surface area contributed by atoms with E-state index >= 15 is 0 Å². The second kappa shape index (κ2) is 6.50. The Hall–Kier alpha value is -1.51. The molecule has 0 aliphatic heterocycles. The first kappa shape index (κ1) is 15.9. The van der Waals surface area contributed by atoms with Gasteiger partial charge in [0.2, 0.25) is 0 Å². The van der Waals surface area contributed by atoms with Crippen LogP contribution in [0.5, 0.6) is 0 Å². The molecule has 0 radical (unpaired) electrons. The predicted octanol–water partition coefficient (Wildman–Crippen LogP) is 4.13. The quantitative estimate of drug-likeness (QED) is 0.875. The molecular weight excluding hydrogens is 260 g/mol. The maximum Gasteiger partial charge on any atom is 0.253 e. The molecule has 1 aromatic carbocycles. The van der Waals surface area contributed by atoms with Crippen molar-refractivity contribution in [1.29, 1.82) is 0 Å². The van der Waals surface area contributed by atoms with Crippen molar-refractivity contribution in [3.05, 3.63) is 29.3 Å². The molecule has 21 heavy (non-hydrogen) atoms. The van der Waals surface area contributed by atoms with E-state index in [2.05, 4.69) is 24.5 Å². The number of nitrogens with one attached hydrogen (secondary N) is 2. The molecule has 0 heterocycles. The molecule has 0 aromatic heterocycles. The summed E-state index contributed by atoms with van der Waals surface area (Å²) in [6.45, 7) is 9.50. The first-order chi connectivity index (χ1) is 9.91. The Morgan fingerprint density at radius 1 is 1.38 bits per heavy atom. The molecule has 3 heteroatoms. The lowest BCUT2D eigenvalue weighted by atomic mass is 9.75. The number of rotatable bonds is 4. The van der Waals surface area contributed by atoms with Gasteiger partial charge in [-0.15, -0.1) is 0 Å². The maximum atomic E-state index is 12.6. The summed E-state index contributed by atoms with van der Waals surface area (Å²) in [5, 5.41) is 6.52. The number of anilines is 1. The number of benzene rings is 1. The molecule has 1 aliphatic rings. The number of amides is 1. The van der Waals surface area contributed by atoms with E-state index in [-0.39, 0.29) is 5.91 Å². The van der Waals surface area contributed by atoms with Crippen LogP contribution < -0.4 is 10.6 Å². The van der Waals surface area contributed by atoms with Crippen LogP contribution in [0.2, 0.25) is 0 Å².